The zero-order valence-corrected chi connectivity index (χ0v) is 12.3. The van der Waals surface area contributed by atoms with Crippen molar-refractivity contribution in [3.05, 3.63) is 0 Å². The monoisotopic (exact) mass is 282 g/mol. The number of carbonyl (C=O) groups is 3. The molecule has 0 unspecified atom stereocenters. The number of hydrogen-bond donors (Lipinski definition) is 0. The first kappa shape index (κ1) is 15.2. The van der Waals surface area contributed by atoms with E-state index in [0.717, 1.165) is 0 Å². The van der Waals surface area contributed by atoms with E-state index in [4.69, 9.17) is 9.47 Å². The van der Waals surface area contributed by atoms with Crippen LogP contribution in [0.5, 0.6) is 0 Å². The second-order valence-electron chi connectivity index (χ2n) is 6.42. The summed E-state index contributed by atoms with van der Waals surface area (Å²) < 4.78 is 10.8. The Balaban J connectivity index is 2.01. The second kappa shape index (κ2) is 5.64. The summed E-state index contributed by atoms with van der Waals surface area (Å²) in [6.07, 6.45) is 0.117. The molecule has 0 bridgehead atoms. The van der Waals surface area contributed by atoms with Crippen molar-refractivity contribution >= 4 is 17.5 Å². The smallest absolute Gasteiger partial charge is 0.320 e. The van der Waals surface area contributed by atoms with Crippen molar-refractivity contribution in [2.45, 2.75) is 46.1 Å². The van der Waals surface area contributed by atoms with E-state index in [0.29, 0.717) is 25.6 Å². The summed E-state index contributed by atoms with van der Waals surface area (Å²) in [6.45, 7) is 6.78. The molecular formula is C15H22O5. The van der Waals surface area contributed by atoms with Crippen LogP contribution in [0.1, 0.15) is 40.0 Å². The number of ether oxygens (including phenoxy) is 2. The van der Waals surface area contributed by atoms with Crippen molar-refractivity contribution < 1.29 is 23.9 Å². The minimum atomic E-state index is -1.10. The highest BCUT2D eigenvalue weighted by atomic mass is 16.6. The molecule has 1 saturated heterocycles. The topological polar surface area (TPSA) is 69.7 Å². The molecule has 112 valence electrons. The van der Waals surface area contributed by atoms with Gasteiger partial charge in [0.05, 0.1) is 13.0 Å². The minimum absolute atomic E-state index is 0.0760. The number of rotatable bonds is 4. The van der Waals surface area contributed by atoms with Gasteiger partial charge in [-0.1, -0.05) is 20.8 Å². The van der Waals surface area contributed by atoms with E-state index in [1.165, 1.54) is 0 Å². The number of hydrogen-bond acceptors (Lipinski definition) is 5. The molecule has 5 nitrogen and oxygen atoms in total. The summed E-state index contributed by atoms with van der Waals surface area (Å²) in [4.78, 5) is 35.8. The molecule has 0 aromatic rings. The molecule has 1 spiro atoms. The van der Waals surface area contributed by atoms with Crippen molar-refractivity contribution in [1.82, 2.24) is 0 Å². The van der Waals surface area contributed by atoms with Crippen molar-refractivity contribution in [3.8, 4) is 0 Å². The average Bonchev–Trinajstić information content (AvgIpc) is 2.64. The number of carbonyl (C=O) groups excluding carboxylic acids is 3. The zero-order valence-electron chi connectivity index (χ0n) is 12.3. The molecule has 0 amide bonds. The maximum absolute atomic E-state index is 12.1. The lowest BCUT2D eigenvalue weighted by Crippen LogP contribution is -2.44. The molecule has 2 aliphatic rings. The van der Waals surface area contributed by atoms with Crippen LogP contribution in [0.4, 0.5) is 0 Å². The van der Waals surface area contributed by atoms with Crippen LogP contribution in [0.25, 0.3) is 0 Å². The van der Waals surface area contributed by atoms with E-state index >= 15 is 0 Å². The van der Waals surface area contributed by atoms with Gasteiger partial charge in [0.2, 0.25) is 0 Å². The minimum Gasteiger partial charge on any atom is -0.459 e. The molecule has 0 N–H and O–H groups in total. The number of ketones is 2. The first-order valence-corrected chi connectivity index (χ1v) is 7.20. The summed E-state index contributed by atoms with van der Waals surface area (Å²) in [7, 11) is 0. The summed E-state index contributed by atoms with van der Waals surface area (Å²) >= 11 is 0. The van der Waals surface area contributed by atoms with Gasteiger partial charge in [-0.05, 0) is 12.3 Å². The molecule has 2 fully saturated rings. The SMILES string of the molecule is CC(C)COC[C@@H]1C[C@@]2(C[C@@H](C)C(=O)CC2=O)C(=O)O1. The van der Waals surface area contributed by atoms with Gasteiger partial charge in [-0.25, -0.2) is 0 Å². The van der Waals surface area contributed by atoms with Crippen LogP contribution in [0.15, 0.2) is 0 Å². The average molecular weight is 282 g/mol. The van der Waals surface area contributed by atoms with Crippen LogP contribution in [-0.4, -0.2) is 36.9 Å². The van der Waals surface area contributed by atoms with Gasteiger partial charge in [-0.3, -0.25) is 14.4 Å². The maximum atomic E-state index is 12.1. The molecule has 1 aliphatic heterocycles. The maximum Gasteiger partial charge on any atom is 0.320 e. The lowest BCUT2D eigenvalue weighted by atomic mass is 9.67. The van der Waals surface area contributed by atoms with E-state index in [1.807, 2.05) is 13.8 Å². The molecule has 3 atom stereocenters. The first-order valence-electron chi connectivity index (χ1n) is 7.20. The number of cyclic esters (lactones) is 1. The Labute approximate surface area is 119 Å². The van der Waals surface area contributed by atoms with Crippen LogP contribution in [0.3, 0.4) is 0 Å². The fourth-order valence-electron chi connectivity index (χ4n) is 2.95. The fourth-order valence-corrected chi connectivity index (χ4v) is 2.95. The Morgan fingerprint density at radius 2 is 2.00 bits per heavy atom. The summed E-state index contributed by atoms with van der Waals surface area (Å²) in [6, 6.07) is 0. The molecule has 1 heterocycles. The highest BCUT2D eigenvalue weighted by Crippen LogP contribution is 2.44. The van der Waals surface area contributed by atoms with E-state index in [2.05, 4.69) is 0 Å². The van der Waals surface area contributed by atoms with Gasteiger partial charge >= 0.3 is 5.97 Å². The quantitative estimate of drug-likeness (QED) is 0.577. The van der Waals surface area contributed by atoms with Gasteiger partial charge in [0.15, 0.2) is 5.78 Å². The molecule has 20 heavy (non-hydrogen) atoms. The van der Waals surface area contributed by atoms with E-state index < -0.39 is 11.4 Å². The molecule has 0 aromatic carbocycles. The number of Topliss-reactive ketones (excluding diaryl/α,β-unsaturated/α-hetero) is 2. The lowest BCUT2D eigenvalue weighted by Gasteiger charge is -2.30. The van der Waals surface area contributed by atoms with Crippen molar-refractivity contribution in [3.63, 3.8) is 0 Å². The van der Waals surface area contributed by atoms with Gasteiger partial charge < -0.3 is 9.47 Å². The van der Waals surface area contributed by atoms with E-state index in [9.17, 15) is 14.4 Å². The normalized spacial score (nSPS) is 34.1. The van der Waals surface area contributed by atoms with Crippen LogP contribution in [0, 0.1) is 17.3 Å². The van der Waals surface area contributed by atoms with Gasteiger partial charge in [0, 0.05) is 18.9 Å². The lowest BCUT2D eigenvalue weighted by molar-refractivity contribution is -0.157. The van der Waals surface area contributed by atoms with Crippen LogP contribution in [0.2, 0.25) is 0 Å². The largest absolute Gasteiger partial charge is 0.459 e. The predicted octanol–water partition coefficient (Wildman–Crippen LogP) is 1.53. The van der Waals surface area contributed by atoms with Crippen LogP contribution in [-0.2, 0) is 23.9 Å². The van der Waals surface area contributed by atoms with Gasteiger partial charge in [-0.2, -0.15) is 0 Å². The van der Waals surface area contributed by atoms with Crippen LogP contribution < -0.4 is 0 Å². The summed E-state index contributed by atoms with van der Waals surface area (Å²) in [5.41, 5.74) is -1.10. The highest BCUT2D eigenvalue weighted by molar-refractivity contribution is 6.14. The third-order valence-electron chi connectivity index (χ3n) is 4.07. The highest BCUT2D eigenvalue weighted by Gasteiger charge is 2.57. The summed E-state index contributed by atoms with van der Waals surface area (Å²) in [5, 5.41) is 0. The molecule has 1 saturated carbocycles. The molecule has 1 aliphatic carbocycles. The van der Waals surface area contributed by atoms with Gasteiger partial charge in [0.1, 0.15) is 17.3 Å². The van der Waals surface area contributed by atoms with E-state index in [1.54, 1.807) is 6.92 Å². The van der Waals surface area contributed by atoms with Crippen LogP contribution >= 0.6 is 0 Å². The van der Waals surface area contributed by atoms with Crippen molar-refractivity contribution in [2.75, 3.05) is 13.2 Å². The Morgan fingerprint density at radius 3 is 2.65 bits per heavy atom. The molecule has 2 rings (SSSR count). The Morgan fingerprint density at radius 1 is 1.30 bits per heavy atom. The molecular weight excluding hydrogens is 260 g/mol. The molecule has 0 aromatic heterocycles. The summed E-state index contributed by atoms with van der Waals surface area (Å²) in [5.74, 6) is -0.671. The third-order valence-corrected chi connectivity index (χ3v) is 4.07. The fraction of sp³-hybridized carbons (Fsp3) is 0.800. The zero-order chi connectivity index (χ0) is 14.9. The number of esters is 1. The predicted molar refractivity (Wildman–Crippen MR) is 71.0 cm³/mol. The standard InChI is InChI=1S/C15H22O5/c1-9(2)7-19-8-11-6-15(14(18)20-11)5-10(3)12(16)4-13(15)17/h9-11H,4-8H2,1-3H3/t10-,11+,15-/m1/s1. The Kier molecular flexibility index (Phi) is 4.28. The molecule has 0 radical (unpaired) electrons. The Hall–Kier alpha value is -1.23. The second-order valence-corrected chi connectivity index (χ2v) is 6.42. The first-order chi connectivity index (χ1) is 9.35. The Bertz CT molecular complexity index is 428. The van der Waals surface area contributed by atoms with Crippen molar-refractivity contribution in [1.29, 1.82) is 0 Å². The molecule has 5 heteroatoms. The van der Waals surface area contributed by atoms with Gasteiger partial charge in [0.25, 0.3) is 0 Å². The van der Waals surface area contributed by atoms with Gasteiger partial charge in [-0.15, -0.1) is 0 Å². The third kappa shape index (κ3) is 2.77. The van der Waals surface area contributed by atoms with E-state index in [-0.39, 0.29) is 36.4 Å². The van der Waals surface area contributed by atoms with Crippen molar-refractivity contribution in [2.24, 2.45) is 17.3 Å².